The number of ether oxygens (including phenoxy) is 2. The van der Waals surface area contributed by atoms with E-state index in [9.17, 15) is 9.18 Å². The average Bonchev–Trinajstić information content (AvgIpc) is 2.87. The smallest absolute Gasteiger partial charge is 0.282 e. The van der Waals surface area contributed by atoms with Gasteiger partial charge in [-0.2, -0.15) is 9.78 Å². The van der Waals surface area contributed by atoms with Gasteiger partial charge in [0.15, 0.2) is 11.5 Å². The summed E-state index contributed by atoms with van der Waals surface area (Å²) in [6, 6.07) is 15.4. The molecule has 0 fully saturated rings. The SMILES string of the molecule is C=CCc1cc(C=Nn2c(C(C)C)nc3ccc(Br)cc3c2=O)cc(OC)c1OCc1cccc(F)c1. The predicted molar refractivity (Wildman–Crippen MR) is 148 cm³/mol. The van der Waals surface area contributed by atoms with Crippen LogP contribution in [0.2, 0.25) is 0 Å². The Bertz CT molecular complexity index is 1550. The molecular formula is C29H27BrFN3O3. The van der Waals surface area contributed by atoms with E-state index in [1.54, 1.807) is 43.7 Å². The Morgan fingerprint density at radius 2 is 2.00 bits per heavy atom. The fraction of sp³-hybridized carbons (Fsp3) is 0.207. The highest BCUT2D eigenvalue weighted by Gasteiger charge is 2.15. The monoisotopic (exact) mass is 563 g/mol. The van der Waals surface area contributed by atoms with Crippen LogP contribution in [0.25, 0.3) is 10.9 Å². The van der Waals surface area contributed by atoms with Gasteiger partial charge in [-0.25, -0.2) is 9.37 Å². The number of hydrogen-bond donors (Lipinski definition) is 0. The summed E-state index contributed by atoms with van der Waals surface area (Å²) >= 11 is 3.42. The van der Waals surface area contributed by atoms with Crippen molar-refractivity contribution in [2.75, 3.05) is 7.11 Å². The number of methoxy groups -OCH3 is 1. The molecular weight excluding hydrogens is 537 g/mol. The maximum atomic E-state index is 13.6. The van der Waals surface area contributed by atoms with Crippen molar-refractivity contribution in [1.82, 2.24) is 9.66 Å². The van der Waals surface area contributed by atoms with Crippen LogP contribution < -0.4 is 15.0 Å². The molecule has 37 heavy (non-hydrogen) atoms. The molecule has 4 rings (SSSR count). The van der Waals surface area contributed by atoms with E-state index in [-0.39, 0.29) is 23.9 Å². The molecule has 190 valence electrons. The fourth-order valence-corrected chi connectivity index (χ4v) is 4.30. The molecule has 6 nitrogen and oxygen atoms in total. The number of halogens is 2. The van der Waals surface area contributed by atoms with Gasteiger partial charge in [0, 0.05) is 16.0 Å². The first-order chi connectivity index (χ1) is 17.8. The summed E-state index contributed by atoms with van der Waals surface area (Å²) in [7, 11) is 1.55. The summed E-state index contributed by atoms with van der Waals surface area (Å²) < 4.78 is 27.4. The minimum Gasteiger partial charge on any atom is -0.493 e. The van der Waals surface area contributed by atoms with Crippen LogP contribution in [0.15, 0.2) is 81.6 Å². The minimum atomic E-state index is -0.322. The van der Waals surface area contributed by atoms with E-state index in [0.29, 0.717) is 45.8 Å². The van der Waals surface area contributed by atoms with Gasteiger partial charge in [-0.3, -0.25) is 4.79 Å². The van der Waals surface area contributed by atoms with E-state index >= 15 is 0 Å². The summed E-state index contributed by atoms with van der Waals surface area (Å²) in [4.78, 5) is 18.0. The van der Waals surface area contributed by atoms with Gasteiger partial charge in [0.2, 0.25) is 0 Å². The normalized spacial score (nSPS) is 11.4. The quantitative estimate of drug-likeness (QED) is 0.169. The van der Waals surface area contributed by atoms with Gasteiger partial charge in [0.25, 0.3) is 5.56 Å². The van der Waals surface area contributed by atoms with Crippen molar-refractivity contribution in [2.24, 2.45) is 5.10 Å². The number of aromatic nitrogens is 2. The highest BCUT2D eigenvalue weighted by molar-refractivity contribution is 9.10. The van der Waals surface area contributed by atoms with E-state index < -0.39 is 0 Å². The molecule has 0 aliphatic rings. The second-order valence-electron chi connectivity index (χ2n) is 8.77. The van der Waals surface area contributed by atoms with E-state index in [0.717, 1.165) is 10.0 Å². The molecule has 0 saturated heterocycles. The molecule has 0 unspecified atom stereocenters. The van der Waals surface area contributed by atoms with Crippen LogP contribution in [0.1, 0.15) is 42.3 Å². The zero-order valence-electron chi connectivity index (χ0n) is 20.9. The zero-order chi connectivity index (χ0) is 26.5. The summed E-state index contributed by atoms with van der Waals surface area (Å²) in [6.45, 7) is 7.96. The Balaban J connectivity index is 1.74. The number of allylic oxidation sites excluding steroid dienone is 1. The van der Waals surface area contributed by atoms with E-state index in [1.807, 2.05) is 32.0 Å². The molecule has 3 aromatic carbocycles. The molecule has 1 heterocycles. The number of hydrogen-bond acceptors (Lipinski definition) is 5. The summed E-state index contributed by atoms with van der Waals surface area (Å²) in [5.41, 5.74) is 2.61. The highest BCUT2D eigenvalue weighted by Crippen LogP contribution is 2.34. The van der Waals surface area contributed by atoms with E-state index in [1.165, 1.54) is 16.8 Å². The third kappa shape index (κ3) is 5.97. The molecule has 0 amide bonds. The van der Waals surface area contributed by atoms with Gasteiger partial charge >= 0.3 is 0 Å². The molecule has 4 aromatic rings. The third-order valence-electron chi connectivity index (χ3n) is 5.68. The van der Waals surface area contributed by atoms with Gasteiger partial charge in [0.1, 0.15) is 18.2 Å². The minimum absolute atomic E-state index is 0.0256. The van der Waals surface area contributed by atoms with Crippen LogP contribution in [0.4, 0.5) is 4.39 Å². The Kier molecular flexibility index (Phi) is 8.18. The molecule has 0 aliphatic heterocycles. The average molecular weight is 564 g/mol. The predicted octanol–water partition coefficient (Wildman–Crippen LogP) is 6.62. The number of nitrogens with zero attached hydrogens (tertiary/aromatic N) is 3. The van der Waals surface area contributed by atoms with Gasteiger partial charge < -0.3 is 9.47 Å². The Labute approximate surface area is 223 Å². The molecule has 0 N–H and O–H groups in total. The maximum absolute atomic E-state index is 13.6. The van der Waals surface area contributed by atoms with Crippen LogP contribution in [-0.2, 0) is 13.0 Å². The Morgan fingerprint density at radius 1 is 1.19 bits per heavy atom. The lowest BCUT2D eigenvalue weighted by Gasteiger charge is -2.16. The lowest BCUT2D eigenvalue weighted by Crippen LogP contribution is -2.23. The number of fused-ring (bicyclic) bond motifs is 1. The fourth-order valence-electron chi connectivity index (χ4n) is 3.94. The Morgan fingerprint density at radius 3 is 2.70 bits per heavy atom. The second kappa shape index (κ2) is 11.5. The third-order valence-corrected chi connectivity index (χ3v) is 6.18. The number of rotatable bonds is 9. The molecule has 0 aliphatic carbocycles. The van der Waals surface area contributed by atoms with Crippen molar-refractivity contribution in [3.8, 4) is 11.5 Å². The summed E-state index contributed by atoms with van der Waals surface area (Å²) in [5.74, 6) is 1.25. The lowest BCUT2D eigenvalue weighted by atomic mass is 10.1. The topological polar surface area (TPSA) is 65.7 Å². The molecule has 0 saturated carbocycles. The van der Waals surface area contributed by atoms with Crippen LogP contribution in [0, 0.1) is 5.82 Å². The van der Waals surface area contributed by atoms with Crippen molar-refractivity contribution in [1.29, 1.82) is 0 Å². The molecule has 0 radical (unpaired) electrons. The van der Waals surface area contributed by atoms with Crippen molar-refractivity contribution in [3.63, 3.8) is 0 Å². The van der Waals surface area contributed by atoms with Crippen LogP contribution in [0.3, 0.4) is 0 Å². The maximum Gasteiger partial charge on any atom is 0.282 e. The van der Waals surface area contributed by atoms with Gasteiger partial charge in [-0.15, -0.1) is 6.58 Å². The van der Waals surface area contributed by atoms with Crippen molar-refractivity contribution < 1.29 is 13.9 Å². The van der Waals surface area contributed by atoms with Crippen LogP contribution in [0.5, 0.6) is 11.5 Å². The molecule has 0 spiro atoms. The highest BCUT2D eigenvalue weighted by atomic mass is 79.9. The molecule has 0 atom stereocenters. The zero-order valence-corrected chi connectivity index (χ0v) is 22.5. The molecule has 0 bridgehead atoms. The van der Waals surface area contributed by atoms with Crippen LogP contribution >= 0.6 is 15.9 Å². The van der Waals surface area contributed by atoms with E-state index in [2.05, 4.69) is 32.6 Å². The van der Waals surface area contributed by atoms with E-state index in [4.69, 9.17) is 9.47 Å². The largest absolute Gasteiger partial charge is 0.493 e. The first kappa shape index (κ1) is 26.3. The first-order valence-electron chi connectivity index (χ1n) is 11.8. The second-order valence-corrected chi connectivity index (χ2v) is 9.69. The first-order valence-corrected chi connectivity index (χ1v) is 12.6. The van der Waals surface area contributed by atoms with Crippen molar-refractivity contribution in [2.45, 2.75) is 32.8 Å². The van der Waals surface area contributed by atoms with Crippen molar-refractivity contribution in [3.05, 3.63) is 110 Å². The molecule has 8 heteroatoms. The standard InChI is InChI=1S/C29H27BrFN3O3/c1-5-7-21-12-20(14-26(36-4)27(21)37-17-19-8-6-9-23(31)13-19)16-32-34-28(18(2)3)33-25-11-10-22(30)15-24(25)29(34)35/h5-6,8-16,18H,1,7,17H2,2-4H3. The van der Waals surface area contributed by atoms with Gasteiger partial charge in [-0.05, 0) is 60.0 Å². The lowest BCUT2D eigenvalue weighted by molar-refractivity contribution is 0.281. The van der Waals surface area contributed by atoms with Crippen molar-refractivity contribution >= 4 is 33.0 Å². The molecule has 1 aromatic heterocycles. The summed E-state index contributed by atoms with van der Waals surface area (Å²) in [5, 5.41) is 5.00. The van der Waals surface area contributed by atoms with Crippen LogP contribution in [-0.4, -0.2) is 23.0 Å². The number of benzene rings is 3. The van der Waals surface area contributed by atoms with Gasteiger partial charge in [-0.1, -0.05) is 48.0 Å². The summed E-state index contributed by atoms with van der Waals surface area (Å²) in [6.07, 6.45) is 3.88. The Hall–Kier alpha value is -3.78. The van der Waals surface area contributed by atoms with Gasteiger partial charge in [0.05, 0.1) is 24.2 Å².